The van der Waals surface area contributed by atoms with Gasteiger partial charge in [-0.05, 0) is 68.9 Å². The molecule has 2 aromatic rings. The molecule has 1 aliphatic carbocycles. The predicted molar refractivity (Wildman–Crippen MR) is 148 cm³/mol. The Bertz CT molecular complexity index is 1010. The maximum absolute atomic E-state index is 13.9. The van der Waals surface area contributed by atoms with Crippen molar-refractivity contribution in [1.82, 2.24) is 14.4 Å². The van der Waals surface area contributed by atoms with Crippen LogP contribution in [0.25, 0.3) is 0 Å². The Kier molecular flexibility index (Phi) is 10.6. The molecule has 204 valence electrons. The van der Waals surface area contributed by atoms with Gasteiger partial charge in [-0.1, -0.05) is 45.2 Å². The molecule has 0 aliphatic heterocycles. The van der Waals surface area contributed by atoms with E-state index in [-0.39, 0.29) is 36.1 Å². The summed E-state index contributed by atoms with van der Waals surface area (Å²) in [5.41, 5.74) is 1.31. The molecule has 7 heteroatoms. The van der Waals surface area contributed by atoms with Crippen LogP contribution >= 0.6 is 11.6 Å². The van der Waals surface area contributed by atoms with E-state index in [1.165, 1.54) is 18.6 Å². The quantitative estimate of drug-likeness (QED) is 0.294. The fourth-order valence-corrected chi connectivity index (χ4v) is 5.04. The van der Waals surface area contributed by atoms with Crippen molar-refractivity contribution in [3.8, 4) is 0 Å². The van der Waals surface area contributed by atoms with Crippen molar-refractivity contribution >= 4 is 23.4 Å². The van der Waals surface area contributed by atoms with Crippen molar-refractivity contribution < 1.29 is 14.0 Å². The van der Waals surface area contributed by atoms with Crippen LogP contribution in [0, 0.1) is 17.2 Å². The van der Waals surface area contributed by atoms with Crippen LogP contribution in [-0.2, 0) is 22.7 Å². The second kappa shape index (κ2) is 13.5. The fourth-order valence-electron chi connectivity index (χ4n) is 4.93. The van der Waals surface area contributed by atoms with E-state index in [1.807, 2.05) is 37.1 Å². The fraction of sp³-hybridized carbons (Fsp3) is 0.600. The SMILES string of the molecule is CC(C)CCN(CC(=O)N(Cc1cccn1Cc1ccc(F)cc1)C1CCCCC1)C(=O)C(C)(C)CCl. The van der Waals surface area contributed by atoms with E-state index in [2.05, 4.69) is 18.4 Å². The summed E-state index contributed by atoms with van der Waals surface area (Å²) in [5.74, 6) is 0.304. The molecule has 0 spiro atoms. The number of hydrogen-bond acceptors (Lipinski definition) is 2. The minimum Gasteiger partial charge on any atom is -0.345 e. The van der Waals surface area contributed by atoms with E-state index in [9.17, 15) is 14.0 Å². The van der Waals surface area contributed by atoms with Crippen molar-refractivity contribution in [3.05, 3.63) is 59.7 Å². The molecule has 0 unspecified atom stereocenters. The molecule has 0 saturated heterocycles. The Morgan fingerprint density at radius 1 is 1.11 bits per heavy atom. The lowest BCUT2D eigenvalue weighted by atomic mass is 9.93. The Morgan fingerprint density at radius 2 is 1.78 bits per heavy atom. The van der Waals surface area contributed by atoms with Gasteiger partial charge in [0, 0.05) is 36.9 Å². The molecule has 1 aromatic carbocycles. The third-order valence-corrected chi connectivity index (χ3v) is 8.03. The predicted octanol–water partition coefficient (Wildman–Crippen LogP) is 6.48. The standard InChI is InChI=1S/C30H43ClFN3O2/c1-23(2)16-18-34(29(37)30(3,4)22-31)21-28(36)35(26-9-6-5-7-10-26)20-27-11-8-17-33(27)19-24-12-14-25(32)15-13-24/h8,11-15,17,23,26H,5-7,9-10,16,18-22H2,1-4H3. The summed E-state index contributed by atoms with van der Waals surface area (Å²) in [5, 5.41) is 0. The summed E-state index contributed by atoms with van der Waals surface area (Å²) in [6.45, 7) is 9.65. The van der Waals surface area contributed by atoms with Gasteiger partial charge in [-0.15, -0.1) is 11.6 Å². The number of carbonyl (C=O) groups excluding carboxylic acids is 2. The average Bonchev–Trinajstić information content (AvgIpc) is 3.32. The van der Waals surface area contributed by atoms with Gasteiger partial charge in [0.25, 0.3) is 0 Å². The van der Waals surface area contributed by atoms with E-state index in [4.69, 9.17) is 11.6 Å². The van der Waals surface area contributed by atoms with Crippen LogP contribution in [0.5, 0.6) is 0 Å². The van der Waals surface area contributed by atoms with Crippen LogP contribution in [0.1, 0.15) is 77.5 Å². The van der Waals surface area contributed by atoms with Gasteiger partial charge in [-0.2, -0.15) is 0 Å². The van der Waals surface area contributed by atoms with Crippen LogP contribution < -0.4 is 0 Å². The molecule has 3 rings (SSSR count). The van der Waals surface area contributed by atoms with Gasteiger partial charge in [0.1, 0.15) is 5.82 Å². The first-order valence-corrected chi connectivity index (χ1v) is 14.2. The third-order valence-electron chi connectivity index (χ3n) is 7.36. The van der Waals surface area contributed by atoms with E-state index in [0.29, 0.717) is 25.6 Å². The first-order valence-electron chi connectivity index (χ1n) is 13.6. The number of halogens is 2. The lowest BCUT2D eigenvalue weighted by Gasteiger charge is -2.37. The summed E-state index contributed by atoms with van der Waals surface area (Å²) in [7, 11) is 0. The van der Waals surface area contributed by atoms with Gasteiger partial charge < -0.3 is 14.4 Å². The molecule has 0 bridgehead atoms. The van der Waals surface area contributed by atoms with Gasteiger partial charge >= 0.3 is 0 Å². The maximum atomic E-state index is 13.9. The molecule has 37 heavy (non-hydrogen) atoms. The highest BCUT2D eigenvalue weighted by atomic mass is 35.5. The highest BCUT2D eigenvalue weighted by molar-refractivity contribution is 6.19. The third kappa shape index (κ3) is 8.33. The molecule has 2 amide bonds. The second-order valence-electron chi connectivity index (χ2n) is 11.5. The highest BCUT2D eigenvalue weighted by Crippen LogP contribution is 2.26. The number of nitrogens with zero attached hydrogens (tertiary/aromatic N) is 3. The van der Waals surface area contributed by atoms with Crippen molar-refractivity contribution in [3.63, 3.8) is 0 Å². The zero-order valence-electron chi connectivity index (χ0n) is 22.9. The minimum atomic E-state index is -0.724. The van der Waals surface area contributed by atoms with Crippen LogP contribution in [0.4, 0.5) is 4.39 Å². The Morgan fingerprint density at radius 3 is 2.41 bits per heavy atom. The van der Waals surface area contributed by atoms with E-state index < -0.39 is 5.41 Å². The molecule has 0 N–H and O–H groups in total. The van der Waals surface area contributed by atoms with E-state index in [1.54, 1.807) is 17.0 Å². The summed E-state index contributed by atoms with van der Waals surface area (Å²) in [6.07, 6.45) is 8.23. The number of rotatable bonds is 12. The van der Waals surface area contributed by atoms with E-state index in [0.717, 1.165) is 43.4 Å². The highest BCUT2D eigenvalue weighted by Gasteiger charge is 2.34. The van der Waals surface area contributed by atoms with Gasteiger partial charge in [0.2, 0.25) is 11.8 Å². The van der Waals surface area contributed by atoms with Gasteiger partial charge in [-0.3, -0.25) is 9.59 Å². The molecular formula is C30H43ClFN3O2. The Balaban J connectivity index is 1.82. The Labute approximate surface area is 227 Å². The monoisotopic (exact) mass is 531 g/mol. The van der Waals surface area contributed by atoms with E-state index >= 15 is 0 Å². The molecule has 1 aromatic heterocycles. The first kappa shape index (κ1) is 29.2. The normalized spacial score (nSPS) is 14.7. The molecule has 0 atom stereocenters. The van der Waals surface area contributed by atoms with Gasteiger partial charge in [0.15, 0.2) is 0 Å². The number of hydrogen-bond donors (Lipinski definition) is 0. The van der Waals surface area contributed by atoms with Crippen molar-refractivity contribution in [2.24, 2.45) is 11.3 Å². The second-order valence-corrected chi connectivity index (χ2v) is 11.8. The lowest BCUT2D eigenvalue weighted by Crippen LogP contribution is -2.50. The lowest BCUT2D eigenvalue weighted by molar-refractivity contribution is -0.147. The smallest absolute Gasteiger partial charge is 0.242 e. The summed E-state index contributed by atoms with van der Waals surface area (Å²) in [4.78, 5) is 31.0. The minimum absolute atomic E-state index is 0.0103. The van der Waals surface area contributed by atoms with Gasteiger partial charge in [-0.25, -0.2) is 4.39 Å². The van der Waals surface area contributed by atoms with Crippen LogP contribution in [-0.4, -0.2) is 51.2 Å². The zero-order chi connectivity index (χ0) is 27.0. The molecule has 0 radical (unpaired) electrons. The number of aromatic nitrogens is 1. The van der Waals surface area contributed by atoms with Crippen molar-refractivity contribution in [2.45, 2.75) is 85.4 Å². The largest absolute Gasteiger partial charge is 0.345 e. The molecule has 1 saturated carbocycles. The first-order chi connectivity index (χ1) is 17.6. The topological polar surface area (TPSA) is 45.6 Å². The molecule has 5 nitrogen and oxygen atoms in total. The van der Waals surface area contributed by atoms with Crippen LogP contribution in [0.3, 0.4) is 0 Å². The van der Waals surface area contributed by atoms with Crippen molar-refractivity contribution in [1.29, 1.82) is 0 Å². The van der Waals surface area contributed by atoms with Crippen LogP contribution in [0.15, 0.2) is 42.6 Å². The van der Waals surface area contributed by atoms with Crippen LogP contribution in [0.2, 0.25) is 0 Å². The number of alkyl halides is 1. The summed E-state index contributed by atoms with van der Waals surface area (Å²) < 4.78 is 15.5. The molecular weight excluding hydrogens is 489 g/mol. The number of amides is 2. The molecule has 1 heterocycles. The molecule has 1 aliphatic rings. The average molecular weight is 532 g/mol. The van der Waals surface area contributed by atoms with Gasteiger partial charge in [0.05, 0.1) is 18.5 Å². The zero-order valence-corrected chi connectivity index (χ0v) is 23.6. The molecule has 1 fully saturated rings. The maximum Gasteiger partial charge on any atom is 0.242 e. The number of carbonyl (C=O) groups is 2. The summed E-state index contributed by atoms with van der Waals surface area (Å²) >= 11 is 6.14. The number of benzene rings is 1. The summed E-state index contributed by atoms with van der Waals surface area (Å²) in [6, 6.07) is 10.7. The van der Waals surface area contributed by atoms with Crippen molar-refractivity contribution in [2.75, 3.05) is 19.0 Å². The Hall–Kier alpha value is -2.34.